The van der Waals surface area contributed by atoms with Gasteiger partial charge in [0.1, 0.15) is 5.69 Å². The first-order valence-electron chi connectivity index (χ1n) is 14.1. The second-order valence-electron chi connectivity index (χ2n) is 10.3. The van der Waals surface area contributed by atoms with Crippen LogP contribution in [0.3, 0.4) is 0 Å². The molecule has 3 atom stereocenters. The number of para-hydroxylation sites is 2. The second-order valence-corrected chi connectivity index (χ2v) is 11.3. The summed E-state index contributed by atoms with van der Waals surface area (Å²) in [5.41, 5.74) is 4.78. The minimum Gasteiger partial charge on any atom is -0.478 e. The van der Waals surface area contributed by atoms with Crippen LogP contribution in [-0.2, 0) is 16.1 Å². The van der Waals surface area contributed by atoms with Gasteiger partial charge in [0, 0.05) is 28.3 Å². The Hall–Kier alpha value is -4.61. The number of carboxylic acid groups (broad SMARTS) is 1. The average molecular weight is 608 g/mol. The fourth-order valence-electron chi connectivity index (χ4n) is 5.00. The molecule has 6 rings (SSSR count). The lowest BCUT2D eigenvalue weighted by molar-refractivity contribution is -0.245. The van der Waals surface area contributed by atoms with Crippen molar-refractivity contribution in [2.45, 2.75) is 36.4 Å². The number of nitrogens with zero attached hydrogens (tertiary/aromatic N) is 2. The molecule has 222 valence electrons. The van der Waals surface area contributed by atoms with E-state index < -0.39 is 12.3 Å². The van der Waals surface area contributed by atoms with Crippen LogP contribution in [0, 0.1) is 0 Å². The topological polar surface area (TPSA) is 131 Å². The van der Waals surface area contributed by atoms with E-state index in [1.165, 1.54) is 18.0 Å². The number of benzene rings is 4. The van der Waals surface area contributed by atoms with Gasteiger partial charge in [0.25, 0.3) is 5.91 Å². The van der Waals surface area contributed by atoms with E-state index in [1.807, 2.05) is 60.7 Å². The number of amides is 1. The first-order chi connectivity index (χ1) is 21.5. The molecule has 1 aliphatic heterocycles. The zero-order chi connectivity index (χ0) is 30.5. The van der Waals surface area contributed by atoms with Crippen molar-refractivity contribution >= 4 is 40.4 Å². The maximum atomic E-state index is 13.0. The third kappa shape index (κ3) is 6.79. The summed E-state index contributed by atoms with van der Waals surface area (Å²) in [5, 5.41) is 22.0. The fraction of sp³-hybridized carbons (Fsp3) is 0.176. The average Bonchev–Trinajstić information content (AvgIpc) is 3.07. The summed E-state index contributed by atoms with van der Waals surface area (Å²) in [7, 11) is 0. The molecule has 1 aliphatic rings. The molecule has 3 N–H and O–H groups in total. The number of anilines is 1. The molecule has 0 spiro atoms. The van der Waals surface area contributed by atoms with Crippen molar-refractivity contribution in [1.82, 2.24) is 9.97 Å². The Morgan fingerprint density at radius 3 is 2.45 bits per heavy atom. The first-order valence-corrected chi connectivity index (χ1v) is 15.0. The number of nitrogens with one attached hydrogen (secondary N) is 1. The number of fused-ring (bicyclic) bond motifs is 1. The Morgan fingerprint density at radius 1 is 0.886 bits per heavy atom. The van der Waals surface area contributed by atoms with E-state index in [1.54, 1.807) is 36.4 Å². The van der Waals surface area contributed by atoms with Crippen LogP contribution in [0.25, 0.3) is 11.0 Å². The highest BCUT2D eigenvalue weighted by atomic mass is 32.2. The minimum absolute atomic E-state index is 0.0525. The number of carbonyl (C=O) groups is 2. The van der Waals surface area contributed by atoms with Gasteiger partial charge in [-0.1, -0.05) is 60.7 Å². The molecule has 4 aromatic carbocycles. The maximum absolute atomic E-state index is 13.0. The summed E-state index contributed by atoms with van der Waals surface area (Å²) in [6.45, 7) is -0.0525. The number of aromatic carboxylic acids is 1. The fourth-order valence-corrected chi connectivity index (χ4v) is 6.07. The molecule has 2 heterocycles. The number of hydrogen-bond acceptors (Lipinski definition) is 8. The highest BCUT2D eigenvalue weighted by Gasteiger charge is 2.32. The highest BCUT2D eigenvalue weighted by Crippen LogP contribution is 2.40. The molecule has 0 unspecified atom stereocenters. The van der Waals surface area contributed by atoms with E-state index in [2.05, 4.69) is 15.3 Å². The van der Waals surface area contributed by atoms with Gasteiger partial charge in [0.05, 0.1) is 41.6 Å². The highest BCUT2D eigenvalue weighted by molar-refractivity contribution is 7.99. The predicted octanol–water partition coefficient (Wildman–Crippen LogP) is 6.41. The summed E-state index contributed by atoms with van der Waals surface area (Å²) >= 11 is 1.43. The van der Waals surface area contributed by atoms with Crippen LogP contribution in [0.15, 0.2) is 108 Å². The van der Waals surface area contributed by atoms with Gasteiger partial charge in [-0.3, -0.25) is 9.78 Å². The third-order valence-corrected chi connectivity index (χ3v) is 8.46. The largest absolute Gasteiger partial charge is 0.478 e. The predicted molar refractivity (Wildman–Crippen MR) is 166 cm³/mol. The van der Waals surface area contributed by atoms with E-state index in [0.29, 0.717) is 39.4 Å². The summed E-state index contributed by atoms with van der Waals surface area (Å²) in [6.07, 6.45) is 0.673. The zero-order valence-corrected chi connectivity index (χ0v) is 24.3. The zero-order valence-electron chi connectivity index (χ0n) is 23.5. The van der Waals surface area contributed by atoms with E-state index in [0.717, 1.165) is 11.1 Å². The van der Waals surface area contributed by atoms with E-state index in [-0.39, 0.29) is 36.0 Å². The molecule has 0 saturated carbocycles. The van der Waals surface area contributed by atoms with Gasteiger partial charge in [0.15, 0.2) is 6.29 Å². The molecule has 5 aromatic rings. The molecule has 10 heteroatoms. The number of aliphatic hydroxyl groups excluding tert-OH is 1. The lowest BCUT2D eigenvalue weighted by atomic mass is 10.0. The third-order valence-electron chi connectivity index (χ3n) is 7.26. The van der Waals surface area contributed by atoms with Crippen molar-refractivity contribution in [2.75, 3.05) is 11.1 Å². The number of hydrogen-bond donors (Lipinski definition) is 3. The van der Waals surface area contributed by atoms with Gasteiger partial charge in [-0.05, 0) is 47.5 Å². The Balaban J connectivity index is 1.22. The maximum Gasteiger partial charge on any atom is 0.336 e. The Morgan fingerprint density at radius 2 is 1.66 bits per heavy atom. The lowest BCUT2D eigenvalue weighted by Crippen LogP contribution is -2.31. The van der Waals surface area contributed by atoms with Crippen LogP contribution in [0.1, 0.15) is 56.4 Å². The lowest BCUT2D eigenvalue weighted by Gasteiger charge is -2.36. The summed E-state index contributed by atoms with van der Waals surface area (Å²) < 4.78 is 12.9. The molecule has 44 heavy (non-hydrogen) atoms. The van der Waals surface area contributed by atoms with Crippen LogP contribution in [0.4, 0.5) is 5.69 Å². The van der Waals surface area contributed by atoms with Crippen LogP contribution >= 0.6 is 11.8 Å². The molecule has 0 bridgehead atoms. The van der Waals surface area contributed by atoms with Crippen molar-refractivity contribution < 1.29 is 29.3 Å². The number of carbonyl (C=O) groups excluding carboxylic acids is 1. The normalized spacial score (nSPS) is 18.2. The molecule has 0 aliphatic carbocycles. The van der Waals surface area contributed by atoms with Gasteiger partial charge in [-0.15, -0.1) is 11.8 Å². The summed E-state index contributed by atoms with van der Waals surface area (Å²) in [5.74, 6) is -0.861. The molecule has 1 fully saturated rings. The Bertz CT molecular complexity index is 1800. The summed E-state index contributed by atoms with van der Waals surface area (Å²) in [6, 6.07) is 29.1. The molecular weight excluding hydrogens is 578 g/mol. The number of carboxylic acids is 1. The number of ether oxygens (including phenoxy) is 2. The van der Waals surface area contributed by atoms with Crippen LogP contribution in [0.2, 0.25) is 0 Å². The van der Waals surface area contributed by atoms with Crippen LogP contribution in [0.5, 0.6) is 0 Å². The second kappa shape index (κ2) is 13.4. The standard InChI is InChI=1S/C34H29N3O6S/c38-19-21-12-14-22(15-13-21)30-17-25(20-44-31-11-4-1-8-26(31)33(40)41)42-34(43-30)23-6-5-7-24(16-23)36-32(39)29-18-35-27-9-2-3-10-28(27)37-29/h1-16,18,25,30,34,38H,17,19-20H2,(H,36,39)(H,40,41)/t25-,30+,34+/m1/s1. The molecule has 9 nitrogen and oxygen atoms in total. The smallest absolute Gasteiger partial charge is 0.336 e. The number of rotatable bonds is 9. The van der Waals surface area contributed by atoms with Crippen molar-refractivity contribution in [3.63, 3.8) is 0 Å². The van der Waals surface area contributed by atoms with E-state index in [9.17, 15) is 19.8 Å². The summed E-state index contributed by atoms with van der Waals surface area (Å²) in [4.78, 5) is 34.2. The quantitative estimate of drug-likeness (QED) is 0.163. The van der Waals surface area contributed by atoms with Crippen molar-refractivity contribution in [3.8, 4) is 0 Å². The molecule has 1 aromatic heterocycles. The SMILES string of the molecule is O=C(Nc1cccc([C@H]2O[C@@H](CSc3ccccc3C(=O)O)C[C@@H](c3ccc(CO)cc3)O2)c1)c1cnc2ccccc2n1. The molecule has 1 amide bonds. The molecule has 0 radical (unpaired) electrons. The van der Waals surface area contributed by atoms with Crippen LogP contribution < -0.4 is 5.32 Å². The van der Waals surface area contributed by atoms with Crippen LogP contribution in [-0.4, -0.2) is 43.9 Å². The van der Waals surface area contributed by atoms with Crippen molar-refractivity contribution in [2.24, 2.45) is 0 Å². The molecular formula is C34H29N3O6S. The van der Waals surface area contributed by atoms with Gasteiger partial charge >= 0.3 is 5.97 Å². The minimum atomic E-state index is -0.978. The molecule has 1 saturated heterocycles. The number of thioether (sulfide) groups is 1. The first kappa shape index (κ1) is 29.5. The van der Waals surface area contributed by atoms with Crippen molar-refractivity contribution in [1.29, 1.82) is 0 Å². The van der Waals surface area contributed by atoms with Gasteiger partial charge in [-0.2, -0.15) is 0 Å². The number of aliphatic hydroxyl groups is 1. The van der Waals surface area contributed by atoms with E-state index >= 15 is 0 Å². The van der Waals surface area contributed by atoms with Gasteiger partial charge in [-0.25, -0.2) is 9.78 Å². The van der Waals surface area contributed by atoms with Crippen molar-refractivity contribution in [3.05, 3.63) is 131 Å². The number of aromatic nitrogens is 2. The Labute approximate surface area is 257 Å². The van der Waals surface area contributed by atoms with Gasteiger partial charge in [0.2, 0.25) is 0 Å². The Kier molecular flexibility index (Phi) is 8.94. The van der Waals surface area contributed by atoms with E-state index in [4.69, 9.17) is 9.47 Å². The van der Waals surface area contributed by atoms with Gasteiger partial charge < -0.3 is 25.0 Å². The monoisotopic (exact) mass is 607 g/mol.